The minimum Gasteiger partial charge on any atom is -0.338 e. The van der Waals surface area contributed by atoms with Crippen LogP contribution in [-0.4, -0.2) is 51.8 Å². The van der Waals surface area contributed by atoms with Gasteiger partial charge in [-0.05, 0) is 68.2 Å². The van der Waals surface area contributed by atoms with Crippen molar-refractivity contribution < 1.29 is 9.59 Å². The molecule has 0 saturated heterocycles. The lowest BCUT2D eigenvalue weighted by atomic mass is 10.0. The Kier molecular flexibility index (Phi) is 10.2. The molecule has 5 nitrogen and oxygen atoms in total. The summed E-state index contributed by atoms with van der Waals surface area (Å²) in [7, 11) is 0. The maximum atomic E-state index is 12.4. The molecule has 0 fully saturated rings. The first kappa shape index (κ1) is 22.9. The SMILES string of the molecule is CC(C)N(C(=O)CCC(N)CCC(=O)N(C(C)C)C(C)C)C(C)C. The first-order valence-corrected chi connectivity index (χ1v) is 9.36. The smallest absolute Gasteiger partial charge is 0.223 e. The highest BCUT2D eigenvalue weighted by Crippen LogP contribution is 2.13. The van der Waals surface area contributed by atoms with Gasteiger partial charge in [-0.3, -0.25) is 9.59 Å². The summed E-state index contributed by atoms with van der Waals surface area (Å²) >= 11 is 0. The molecule has 0 aromatic carbocycles. The quantitative estimate of drug-likeness (QED) is 0.664. The molecule has 0 aromatic rings. The lowest BCUT2D eigenvalue weighted by molar-refractivity contribution is -0.135. The third kappa shape index (κ3) is 7.65. The van der Waals surface area contributed by atoms with Crippen LogP contribution in [0.3, 0.4) is 0 Å². The Morgan fingerprint density at radius 3 is 1.12 bits per heavy atom. The molecular weight excluding hydrogens is 302 g/mol. The summed E-state index contributed by atoms with van der Waals surface area (Å²) in [5.74, 6) is 0.292. The number of amides is 2. The van der Waals surface area contributed by atoms with E-state index >= 15 is 0 Å². The average molecular weight is 342 g/mol. The highest BCUT2D eigenvalue weighted by Gasteiger charge is 2.22. The lowest BCUT2D eigenvalue weighted by Crippen LogP contribution is -2.43. The molecule has 5 heteroatoms. The van der Waals surface area contributed by atoms with E-state index in [2.05, 4.69) is 0 Å². The zero-order valence-electron chi connectivity index (χ0n) is 17.0. The largest absolute Gasteiger partial charge is 0.338 e. The first-order valence-electron chi connectivity index (χ1n) is 9.36. The fraction of sp³-hybridized carbons (Fsp3) is 0.895. The van der Waals surface area contributed by atoms with Crippen LogP contribution < -0.4 is 5.73 Å². The van der Waals surface area contributed by atoms with Crippen LogP contribution in [0.1, 0.15) is 81.1 Å². The predicted molar refractivity (Wildman–Crippen MR) is 101 cm³/mol. The van der Waals surface area contributed by atoms with Crippen LogP contribution in [0.5, 0.6) is 0 Å². The van der Waals surface area contributed by atoms with E-state index in [1.165, 1.54) is 0 Å². The summed E-state index contributed by atoms with van der Waals surface area (Å²) in [4.78, 5) is 28.5. The van der Waals surface area contributed by atoms with Crippen molar-refractivity contribution in [3.05, 3.63) is 0 Å². The van der Waals surface area contributed by atoms with E-state index < -0.39 is 0 Å². The van der Waals surface area contributed by atoms with Gasteiger partial charge in [-0.15, -0.1) is 0 Å². The molecule has 0 aliphatic heterocycles. The minimum atomic E-state index is -0.111. The highest BCUT2D eigenvalue weighted by atomic mass is 16.2. The Morgan fingerprint density at radius 2 is 0.917 bits per heavy atom. The van der Waals surface area contributed by atoms with Gasteiger partial charge in [0.1, 0.15) is 0 Å². The molecule has 0 atom stereocenters. The van der Waals surface area contributed by atoms with E-state index in [0.29, 0.717) is 25.7 Å². The third-order valence-corrected chi connectivity index (χ3v) is 4.26. The van der Waals surface area contributed by atoms with Gasteiger partial charge < -0.3 is 15.5 Å². The van der Waals surface area contributed by atoms with Crippen molar-refractivity contribution in [2.24, 2.45) is 5.73 Å². The Hall–Kier alpha value is -1.10. The van der Waals surface area contributed by atoms with E-state index in [0.717, 1.165) is 0 Å². The Labute approximate surface area is 148 Å². The molecule has 2 N–H and O–H groups in total. The van der Waals surface area contributed by atoms with Crippen molar-refractivity contribution in [2.75, 3.05) is 0 Å². The van der Waals surface area contributed by atoms with E-state index in [4.69, 9.17) is 5.73 Å². The van der Waals surface area contributed by atoms with Gasteiger partial charge in [-0.25, -0.2) is 0 Å². The normalized spacial score (nSPS) is 11.9. The van der Waals surface area contributed by atoms with Crippen LogP contribution in [0.25, 0.3) is 0 Å². The van der Waals surface area contributed by atoms with Crippen LogP contribution in [0.15, 0.2) is 0 Å². The van der Waals surface area contributed by atoms with Gasteiger partial charge in [-0.2, -0.15) is 0 Å². The molecule has 0 heterocycles. The van der Waals surface area contributed by atoms with Crippen molar-refractivity contribution in [3.8, 4) is 0 Å². The third-order valence-electron chi connectivity index (χ3n) is 4.26. The molecular formula is C19H39N3O2. The number of nitrogens with zero attached hydrogens (tertiary/aromatic N) is 2. The molecule has 0 aromatic heterocycles. The van der Waals surface area contributed by atoms with Crippen molar-refractivity contribution in [1.29, 1.82) is 0 Å². The molecule has 0 unspecified atom stereocenters. The van der Waals surface area contributed by atoms with Crippen LogP contribution in [0.4, 0.5) is 0 Å². The van der Waals surface area contributed by atoms with Gasteiger partial charge in [0.15, 0.2) is 0 Å². The molecule has 0 saturated carbocycles. The molecule has 24 heavy (non-hydrogen) atoms. The van der Waals surface area contributed by atoms with Gasteiger partial charge in [-0.1, -0.05) is 0 Å². The molecule has 0 spiro atoms. The summed E-state index contributed by atoms with van der Waals surface area (Å²) in [6.45, 7) is 16.2. The topological polar surface area (TPSA) is 66.6 Å². The van der Waals surface area contributed by atoms with Gasteiger partial charge in [0, 0.05) is 43.1 Å². The summed E-state index contributed by atoms with van der Waals surface area (Å²) in [5, 5.41) is 0. The number of carbonyl (C=O) groups is 2. The van der Waals surface area contributed by atoms with E-state index in [1.807, 2.05) is 65.2 Å². The Balaban J connectivity index is 4.38. The predicted octanol–water partition coefficient (Wildman–Crippen LogP) is 3.16. The molecule has 2 amide bonds. The van der Waals surface area contributed by atoms with Crippen LogP contribution >= 0.6 is 0 Å². The summed E-state index contributed by atoms with van der Waals surface area (Å²) in [5.41, 5.74) is 6.13. The summed E-state index contributed by atoms with van der Waals surface area (Å²) in [6, 6.07) is 0.670. The van der Waals surface area contributed by atoms with Crippen LogP contribution in [-0.2, 0) is 9.59 Å². The fourth-order valence-electron chi connectivity index (χ4n) is 3.36. The second kappa shape index (κ2) is 10.7. The Bertz CT molecular complexity index is 340. The minimum absolute atomic E-state index is 0.111. The van der Waals surface area contributed by atoms with Crippen molar-refractivity contribution in [3.63, 3.8) is 0 Å². The summed E-state index contributed by atoms with van der Waals surface area (Å²) in [6.07, 6.45) is 2.16. The maximum absolute atomic E-state index is 12.4. The fourth-order valence-corrected chi connectivity index (χ4v) is 3.36. The van der Waals surface area contributed by atoms with Crippen molar-refractivity contribution >= 4 is 11.8 Å². The zero-order valence-corrected chi connectivity index (χ0v) is 17.0. The van der Waals surface area contributed by atoms with Gasteiger partial charge in [0.2, 0.25) is 11.8 Å². The van der Waals surface area contributed by atoms with Gasteiger partial charge >= 0.3 is 0 Å². The molecule has 0 radical (unpaired) electrons. The molecule has 142 valence electrons. The zero-order chi connectivity index (χ0) is 19.0. The highest BCUT2D eigenvalue weighted by molar-refractivity contribution is 5.77. The maximum Gasteiger partial charge on any atom is 0.223 e. The number of nitrogens with two attached hydrogens (primary N) is 1. The Morgan fingerprint density at radius 1 is 0.667 bits per heavy atom. The lowest BCUT2D eigenvalue weighted by Gasteiger charge is -2.32. The standard InChI is InChI=1S/C19H39N3O2/c1-13(2)21(14(3)4)18(23)11-9-17(20)10-12-19(24)22(15(5)6)16(7)8/h13-17H,9-12,20H2,1-8H3. The average Bonchev–Trinajstić information content (AvgIpc) is 2.41. The van der Waals surface area contributed by atoms with Crippen molar-refractivity contribution in [1.82, 2.24) is 9.80 Å². The van der Waals surface area contributed by atoms with Crippen LogP contribution in [0, 0.1) is 0 Å². The number of carbonyl (C=O) groups excluding carboxylic acids is 2. The second-order valence-electron chi connectivity index (χ2n) is 7.81. The van der Waals surface area contributed by atoms with E-state index in [1.54, 1.807) is 0 Å². The number of hydrogen-bond acceptors (Lipinski definition) is 3. The van der Waals surface area contributed by atoms with Crippen molar-refractivity contribution in [2.45, 2.75) is 111 Å². The van der Waals surface area contributed by atoms with Gasteiger partial charge in [0.05, 0.1) is 0 Å². The van der Waals surface area contributed by atoms with Gasteiger partial charge in [0.25, 0.3) is 0 Å². The monoisotopic (exact) mass is 341 g/mol. The molecule has 0 aliphatic rings. The first-order chi connectivity index (χ1) is 11.0. The summed E-state index contributed by atoms with van der Waals surface area (Å²) < 4.78 is 0. The van der Waals surface area contributed by atoms with Crippen LogP contribution in [0.2, 0.25) is 0 Å². The number of rotatable bonds is 10. The molecule has 0 aliphatic carbocycles. The molecule has 0 bridgehead atoms. The number of hydrogen-bond donors (Lipinski definition) is 1. The molecule has 0 rings (SSSR count). The van der Waals surface area contributed by atoms with E-state index in [9.17, 15) is 9.59 Å². The second-order valence-corrected chi connectivity index (χ2v) is 7.81. The van der Waals surface area contributed by atoms with E-state index in [-0.39, 0.29) is 42.0 Å².